The van der Waals surface area contributed by atoms with Crippen molar-refractivity contribution in [3.8, 4) is 0 Å². The molecule has 2 aliphatic rings. The molecule has 2 aliphatic heterocycles. The molecule has 2 amide bonds. The van der Waals surface area contributed by atoms with E-state index in [9.17, 15) is 4.79 Å². The third-order valence-corrected chi connectivity index (χ3v) is 5.72. The van der Waals surface area contributed by atoms with Gasteiger partial charge in [0.05, 0.1) is 18.2 Å². The van der Waals surface area contributed by atoms with Crippen LogP contribution in [0.2, 0.25) is 0 Å². The lowest BCUT2D eigenvalue weighted by Gasteiger charge is -2.39. The fourth-order valence-corrected chi connectivity index (χ4v) is 4.49. The molecule has 142 valence electrons. The highest BCUT2D eigenvalue weighted by Crippen LogP contribution is 2.33. The molecule has 2 aromatic rings. The summed E-state index contributed by atoms with van der Waals surface area (Å²) in [6.07, 6.45) is 2.97. The van der Waals surface area contributed by atoms with Gasteiger partial charge in [0.1, 0.15) is 0 Å². The van der Waals surface area contributed by atoms with E-state index >= 15 is 0 Å². The average molecular weight is 364 g/mol. The summed E-state index contributed by atoms with van der Waals surface area (Å²) in [5.74, 6) is 0. The Hall–Kier alpha value is -2.33. The lowest BCUT2D eigenvalue weighted by molar-refractivity contribution is -0.0409. The van der Waals surface area contributed by atoms with Gasteiger partial charge in [0, 0.05) is 12.6 Å². The van der Waals surface area contributed by atoms with Gasteiger partial charge < -0.3 is 15.0 Å². The molecule has 2 aromatic carbocycles. The minimum Gasteiger partial charge on any atom is -0.375 e. The number of hydrogen-bond donors (Lipinski definition) is 1. The number of rotatable bonds is 2. The summed E-state index contributed by atoms with van der Waals surface area (Å²) < 4.78 is 5.82. The number of ether oxygens (including phenoxy) is 1. The van der Waals surface area contributed by atoms with Gasteiger partial charge in [0.2, 0.25) is 0 Å². The molecule has 0 aliphatic carbocycles. The molecule has 0 spiro atoms. The number of fused-ring (bicyclic) bond motifs is 1. The van der Waals surface area contributed by atoms with Crippen LogP contribution in [0.1, 0.15) is 49.4 Å². The summed E-state index contributed by atoms with van der Waals surface area (Å²) in [5.41, 5.74) is 3.77. The van der Waals surface area contributed by atoms with Crippen LogP contribution in [-0.2, 0) is 17.7 Å². The van der Waals surface area contributed by atoms with Crippen LogP contribution < -0.4 is 5.32 Å². The number of hydrogen-bond acceptors (Lipinski definition) is 2. The molecule has 4 nitrogen and oxygen atoms in total. The fraction of sp³-hybridized carbons (Fsp3) is 0.435. The molecule has 0 saturated carbocycles. The molecule has 1 saturated heterocycles. The number of urea groups is 1. The number of nitrogens with zero attached hydrogens (tertiary/aromatic N) is 1. The molecule has 2 heterocycles. The molecule has 0 bridgehead atoms. The van der Waals surface area contributed by atoms with E-state index in [1.165, 1.54) is 16.7 Å². The van der Waals surface area contributed by atoms with Crippen LogP contribution in [0, 0.1) is 0 Å². The highest BCUT2D eigenvalue weighted by Gasteiger charge is 2.33. The van der Waals surface area contributed by atoms with Crippen molar-refractivity contribution in [2.75, 3.05) is 0 Å². The Bertz CT molecular complexity index is 782. The first kappa shape index (κ1) is 18.1. The Morgan fingerprint density at radius 3 is 2.30 bits per heavy atom. The lowest BCUT2D eigenvalue weighted by Crippen LogP contribution is -2.51. The van der Waals surface area contributed by atoms with E-state index in [0.29, 0.717) is 6.54 Å². The second-order valence-electron chi connectivity index (χ2n) is 7.90. The van der Waals surface area contributed by atoms with Crippen LogP contribution in [-0.4, -0.2) is 29.2 Å². The summed E-state index contributed by atoms with van der Waals surface area (Å²) in [6, 6.07) is 19.1. The molecule has 1 N–H and O–H groups in total. The third-order valence-electron chi connectivity index (χ3n) is 5.72. The van der Waals surface area contributed by atoms with E-state index in [4.69, 9.17) is 4.74 Å². The van der Waals surface area contributed by atoms with Crippen molar-refractivity contribution in [2.24, 2.45) is 0 Å². The molecule has 4 rings (SSSR count). The second-order valence-corrected chi connectivity index (χ2v) is 7.90. The summed E-state index contributed by atoms with van der Waals surface area (Å²) in [4.78, 5) is 15.2. The highest BCUT2D eigenvalue weighted by atomic mass is 16.5. The van der Waals surface area contributed by atoms with E-state index in [2.05, 4.69) is 55.6 Å². The first-order chi connectivity index (χ1) is 13.1. The lowest BCUT2D eigenvalue weighted by atomic mass is 9.90. The van der Waals surface area contributed by atoms with Crippen LogP contribution in [0.3, 0.4) is 0 Å². The van der Waals surface area contributed by atoms with Gasteiger partial charge in [-0.1, -0.05) is 54.6 Å². The minimum atomic E-state index is 0.0321. The zero-order valence-electron chi connectivity index (χ0n) is 16.1. The quantitative estimate of drug-likeness (QED) is 0.855. The van der Waals surface area contributed by atoms with E-state index in [0.717, 1.165) is 19.3 Å². The van der Waals surface area contributed by atoms with Gasteiger partial charge in [-0.25, -0.2) is 4.79 Å². The zero-order chi connectivity index (χ0) is 18.8. The molecule has 4 atom stereocenters. The zero-order valence-corrected chi connectivity index (χ0v) is 16.1. The Labute approximate surface area is 161 Å². The van der Waals surface area contributed by atoms with Gasteiger partial charge in [-0.2, -0.15) is 0 Å². The van der Waals surface area contributed by atoms with E-state index < -0.39 is 0 Å². The number of nitrogens with one attached hydrogen (secondary N) is 1. The Morgan fingerprint density at radius 2 is 1.59 bits per heavy atom. The monoisotopic (exact) mass is 364 g/mol. The van der Waals surface area contributed by atoms with Crippen molar-refractivity contribution in [2.45, 2.75) is 63.9 Å². The first-order valence-electron chi connectivity index (χ1n) is 9.94. The summed E-state index contributed by atoms with van der Waals surface area (Å²) in [7, 11) is 0. The predicted molar refractivity (Wildman–Crippen MR) is 106 cm³/mol. The van der Waals surface area contributed by atoms with Gasteiger partial charge in [-0.05, 0) is 49.8 Å². The fourth-order valence-electron chi connectivity index (χ4n) is 4.49. The van der Waals surface area contributed by atoms with Gasteiger partial charge in [-0.3, -0.25) is 0 Å². The molecular formula is C23H28N2O2. The molecule has 1 fully saturated rings. The maximum absolute atomic E-state index is 13.2. The minimum absolute atomic E-state index is 0.0321. The maximum atomic E-state index is 13.2. The van der Waals surface area contributed by atoms with E-state index in [1.54, 1.807) is 0 Å². The van der Waals surface area contributed by atoms with E-state index in [-0.39, 0.29) is 30.3 Å². The highest BCUT2D eigenvalue weighted by molar-refractivity contribution is 5.75. The normalized spacial score (nSPS) is 27.7. The van der Waals surface area contributed by atoms with Crippen LogP contribution in [0.25, 0.3) is 0 Å². The molecule has 0 aromatic heterocycles. The summed E-state index contributed by atoms with van der Waals surface area (Å²) in [5, 5.41) is 3.29. The van der Waals surface area contributed by atoms with Crippen molar-refractivity contribution in [1.29, 1.82) is 0 Å². The third kappa shape index (κ3) is 4.01. The Kier molecular flexibility index (Phi) is 5.17. The predicted octanol–water partition coefficient (Wildman–Crippen LogP) is 4.45. The first-order valence-corrected chi connectivity index (χ1v) is 9.94. The van der Waals surface area contributed by atoms with Gasteiger partial charge in [0.15, 0.2) is 0 Å². The average Bonchev–Trinajstić information content (AvgIpc) is 2.67. The summed E-state index contributed by atoms with van der Waals surface area (Å²) >= 11 is 0. The van der Waals surface area contributed by atoms with Crippen molar-refractivity contribution in [3.63, 3.8) is 0 Å². The van der Waals surface area contributed by atoms with Crippen LogP contribution in [0.5, 0.6) is 0 Å². The molecule has 4 heteroatoms. The number of benzene rings is 2. The van der Waals surface area contributed by atoms with Crippen LogP contribution in [0.15, 0.2) is 54.6 Å². The van der Waals surface area contributed by atoms with E-state index in [1.807, 2.05) is 23.1 Å². The van der Waals surface area contributed by atoms with Crippen molar-refractivity contribution >= 4 is 6.03 Å². The van der Waals surface area contributed by atoms with Crippen molar-refractivity contribution < 1.29 is 9.53 Å². The molecule has 0 radical (unpaired) electrons. The SMILES string of the molecule is C[C@@H]1CC(NC(=O)N2Cc3ccccc3C[C@H]2c2ccccc2)C[C@H](C)O1. The number of carbonyl (C=O) groups excluding carboxylic acids is 1. The van der Waals surface area contributed by atoms with Crippen molar-refractivity contribution in [3.05, 3.63) is 71.3 Å². The van der Waals surface area contributed by atoms with Gasteiger partial charge >= 0.3 is 6.03 Å². The van der Waals surface area contributed by atoms with Crippen molar-refractivity contribution in [1.82, 2.24) is 10.2 Å². The van der Waals surface area contributed by atoms with Crippen LogP contribution in [0.4, 0.5) is 4.79 Å². The number of amides is 2. The molecular weight excluding hydrogens is 336 g/mol. The largest absolute Gasteiger partial charge is 0.375 e. The van der Waals surface area contributed by atoms with Crippen LogP contribution >= 0.6 is 0 Å². The van der Waals surface area contributed by atoms with Gasteiger partial charge in [-0.15, -0.1) is 0 Å². The molecule has 1 unspecified atom stereocenters. The maximum Gasteiger partial charge on any atom is 0.318 e. The second kappa shape index (κ2) is 7.73. The standard InChI is InChI=1S/C23H28N2O2/c1-16-12-21(13-17(2)27-16)24-23(26)25-15-20-11-7-6-10-19(20)14-22(25)18-8-4-3-5-9-18/h3-11,16-17,21-22H,12-15H2,1-2H3,(H,24,26)/t16-,17+,21?,22-/m0/s1. The number of carbonyl (C=O) groups is 1. The smallest absolute Gasteiger partial charge is 0.318 e. The molecule has 27 heavy (non-hydrogen) atoms. The Morgan fingerprint density at radius 1 is 0.963 bits per heavy atom. The topological polar surface area (TPSA) is 41.6 Å². The van der Waals surface area contributed by atoms with Gasteiger partial charge in [0.25, 0.3) is 0 Å². The summed E-state index contributed by atoms with van der Waals surface area (Å²) in [6.45, 7) is 4.81. The Balaban J connectivity index is 1.57.